The highest BCUT2D eigenvalue weighted by molar-refractivity contribution is 5.67. The molecule has 0 aliphatic carbocycles. The van der Waals surface area contributed by atoms with Crippen LogP contribution in [0.5, 0.6) is 0 Å². The topological polar surface area (TPSA) is 68.2 Å². The van der Waals surface area contributed by atoms with E-state index in [0.29, 0.717) is 18.3 Å². The van der Waals surface area contributed by atoms with Gasteiger partial charge in [0.25, 0.3) is 0 Å². The SMILES string of the molecule is CCOC(C#CC(C)N(O)C(=O)OC(C)(C)C)OCC. The summed E-state index contributed by atoms with van der Waals surface area (Å²) in [5.41, 5.74) is -0.676. The Morgan fingerprint density at radius 1 is 1.20 bits per heavy atom. The van der Waals surface area contributed by atoms with Gasteiger partial charge in [0.1, 0.15) is 11.6 Å². The van der Waals surface area contributed by atoms with Gasteiger partial charge in [-0.25, -0.2) is 4.79 Å². The fourth-order valence-corrected chi connectivity index (χ4v) is 1.15. The van der Waals surface area contributed by atoms with Crippen LogP contribution in [0.3, 0.4) is 0 Å². The zero-order chi connectivity index (χ0) is 15.8. The molecule has 0 radical (unpaired) electrons. The Morgan fingerprint density at radius 3 is 2.10 bits per heavy atom. The van der Waals surface area contributed by atoms with Gasteiger partial charge in [-0.15, -0.1) is 0 Å². The molecule has 0 aromatic heterocycles. The summed E-state index contributed by atoms with van der Waals surface area (Å²) < 4.78 is 15.5. The van der Waals surface area contributed by atoms with Crippen LogP contribution in [0, 0.1) is 11.8 Å². The van der Waals surface area contributed by atoms with E-state index in [-0.39, 0.29) is 0 Å². The molecule has 0 saturated heterocycles. The molecule has 0 aliphatic rings. The molecule has 1 N–H and O–H groups in total. The second-order valence-electron chi connectivity index (χ2n) is 5.03. The van der Waals surface area contributed by atoms with Crippen molar-refractivity contribution in [3.63, 3.8) is 0 Å². The lowest BCUT2D eigenvalue weighted by molar-refractivity contribution is -0.106. The van der Waals surface area contributed by atoms with Gasteiger partial charge in [-0.1, -0.05) is 5.92 Å². The maximum Gasteiger partial charge on any atom is 0.435 e. The molecule has 116 valence electrons. The molecule has 0 heterocycles. The number of amides is 1. The summed E-state index contributed by atoms with van der Waals surface area (Å²) in [4.78, 5) is 11.6. The third kappa shape index (κ3) is 8.00. The highest BCUT2D eigenvalue weighted by Gasteiger charge is 2.23. The van der Waals surface area contributed by atoms with E-state index in [2.05, 4.69) is 11.8 Å². The fraction of sp³-hybridized carbons (Fsp3) is 0.786. The van der Waals surface area contributed by atoms with Gasteiger partial charge >= 0.3 is 6.09 Å². The van der Waals surface area contributed by atoms with E-state index in [4.69, 9.17) is 14.2 Å². The van der Waals surface area contributed by atoms with Gasteiger partial charge in [0, 0.05) is 13.2 Å². The van der Waals surface area contributed by atoms with E-state index in [0.717, 1.165) is 0 Å². The second-order valence-corrected chi connectivity index (χ2v) is 5.03. The third-order valence-corrected chi connectivity index (χ3v) is 1.99. The number of hydrogen-bond donors (Lipinski definition) is 1. The minimum atomic E-state index is -0.844. The molecule has 20 heavy (non-hydrogen) atoms. The average Bonchev–Trinajstić information content (AvgIpc) is 2.33. The fourth-order valence-electron chi connectivity index (χ4n) is 1.15. The molecule has 0 saturated carbocycles. The highest BCUT2D eigenvalue weighted by Crippen LogP contribution is 2.10. The lowest BCUT2D eigenvalue weighted by Gasteiger charge is -2.24. The first-order valence-corrected chi connectivity index (χ1v) is 6.66. The van der Waals surface area contributed by atoms with Gasteiger partial charge in [0.2, 0.25) is 6.29 Å². The quantitative estimate of drug-likeness (QED) is 0.364. The van der Waals surface area contributed by atoms with E-state index < -0.39 is 24.0 Å². The molecule has 1 unspecified atom stereocenters. The molecular formula is C14H25NO5. The summed E-state index contributed by atoms with van der Waals surface area (Å²) in [7, 11) is 0. The van der Waals surface area contributed by atoms with Gasteiger partial charge in [-0.2, -0.15) is 5.06 Å². The summed E-state index contributed by atoms with van der Waals surface area (Å²) in [5.74, 6) is 5.41. The summed E-state index contributed by atoms with van der Waals surface area (Å²) in [5, 5.41) is 10.1. The average molecular weight is 287 g/mol. The van der Waals surface area contributed by atoms with Crippen molar-refractivity contribution < 1.29 is 24.2 Å². The number of carbonyl (C=O) groups is 1. The van der Waals surface area contributed by atoms with E-state index in [1.54, 1.807) is 27.7 Å². The van der Waals surface area contributed by atoms with Crippen LogP contribution in [0.2, 0.25) is 0 Å². The largest absolute Gasteiger partial charge is 0.442 e. The molecule has 6 nitrogen and oxygen atoms in total. The second kappa shape index (κ2) is 8.80. The van der Waals surface area contributed by atoms with Crippen LogP contribution in [0.4, 0.5) is 4.79 Å². The predicted octanol–water partition coefficient (Wildman–Crippen LogP) is 2.40. The summed E-state index contributed by atoms with van der Waals surface area (Å²) in [6, 6.07) is -0.728. The van der Waals surface area contributed by atoms with E-state index in [1.165, 1.54) is 0 Å². The van der Waals surface area contributed by atoms with Crippen LogP contribution < -0.4 is 0 Å². The number of hydrogen-bond acceptors (Lipinski definition) is 5. The monoisotopic (exact) mass is 287 g/mol. The van der Waals surface area contributed by atoms with Crippen LogP contribution in [-0.4, -0.2) is 47.5 Å². The Hall–Kier alpha value is -1.29. The molecule has 1 amide bonds. The van der Waals surface area contributed by atoms with Crippen molar-refractivity contribution in [3.8, 4) is 11.8 Å². The number of nitrogens with zero attached hydrogens (tertiary/aromatic N) is 1. The Labute approximate surface area is 120 Å². The zero-order valence-corrected chi connectivity index (χ0v) is 13.1. The normalized spacial score (nSPS) is 12.6. The number of hydroxylamine groups is 2. The number of ether oxygens (including phenoxy) is 3. The lowest BCUT2D eigenvalue weighted by Crippen LogP contribution is -2.39. The van der Waals surface area contributed by atoms with Crippen molar-refractivity contribution in [2.45, 2.75) is 59.5 Å². The van der Waals surface area contributed by atoms with Crippen LogP contribution in [0.25, 0.3) is 0 Å². The Morgan fingerprint density at radius 2 is 1.70 bits per heavy atom. The van der Waals surface area contributed by atoms with Gasteiger partial charge in [-0.05, 0) is 47.5 Å². The number of carbonyl (C=O) groups excluding carboxylic acids is 1. The van der Waals surface area contributed by atoms with Gasteiger partial charge < -0.3 is 14.2 Å². The molecule has 0 fully saturated rings. The predicted molar refractivity (Wildman–Crippen MR) is 74.1 cm³/mol. The Balaban J connectivity index is 4.58. The van der Waals surface area contributed by atoms with Crippen LogP contribution in [0.15, 0.2) is 0 Å². The maximum absolute atomic E-state index is 11.6. The smallest absolute Gasteiger partial charge is 0.435 e. The first kappa shape index (κ1) is 18.7. The van der Waals surface area contributed by atoms with Crippen molar-refractivity contribution in [1.82, 2.24) is 5.06 Å². The van der Waals surface area contributed by atoms with E-state index in [9.17, 15) is 10.0 Å². The molecule has 0 aromatic carbocycles. The maximum atomic E-state index is 11.6. The summed E-state index contributed by atoms with van der Waals surface area (Å²) >= 11 is 0. The van der Waals surface area contributed by atoms with E-state index >= 15 is 0 Å². The van der Waals surface area contributed by atoms with Crippen molar-refractivity contribution in [2.24, 2.45) is 0 Å². The molecule has 0 spiro atoms. The molecule has 1 atom stereocenters. The summed E-state index contributed by atoms with van der Waals surface area (Å²) in [6.07, 6.45) is -1.51. The van der Waals surface area contributed by atoms with Gasteiger partial charge in [0.05, 0.1) is 0 Å². The lowest BCUT2D eigenvalue weighted by atomic mass is 10.2. The van der Waals surface area contributed by atoms with Crippen molar-refractivity contribution in [1.29, 1.82) is 0 Å². The summed E-state index contributed by atoms with van der Waals surface area (Å²) in [6.45, 7) is 11.3. The third-order valence-electron chi connectivity index (χ3n) is 1.99. The van der Waals surface area contributed by atoms with Gasteiger partial charge in [-0.3, -0.25) is 5.21 Å². The van der Waals surface area contributed by atoms with Gasteiger partial charge in [0.15, 0.2) is 0 Å². The zero-order valence-electron chi connectivity index (χ0n) is 13.1. The highest BCUT2D eigenvalue weighted by atomic mass is 16.7. The van der Waals surface area contributed by atoms with E-state index in [1.807, 2.05) is 13.8 Å². The molecule has 0 rings (SSSR count). The van der Waals surface area contributed by atoms with Crippen molar-refractivity contribution in [2.75, 3.05) is 13.2 Å². The molecule has 6 heteroatoms. The molecule has 0 bridgehead atoms. The Bertz CT molecular complexity index is 347. The molecule has 0 aromatic rings. The first-order valence-electron chi connectivity index (χ1n) is 6.66. The van der Waals surface area contributed by atoms with Crippen molar-refractivity contribution in [3.05, 3.63) is 0 Å². The van der Waals surface area contributed by atoms with Crippen LogP contribution in [-0.2, 0) is 14.2 Å². The molecule has 0 aliphatic heterocycles. The molecular weight excluding hydrogens is 262 g/mol. The minimum Gasteiger partial charge on any atom is -0.442 e. The minimum absolute atomic E-state index is 0.452. The Kier molecular flexibility index (Phi) is 8.23. The van der Waals surface area contributed by atoms with Crippen LogP contribution >= 0.6 is 0 Å². The first-order chi connectivity index (χ1) is 9.21. The van der Waals surface area contributed by atoms with Crippen molar-refractivity contribution >= 4 is 6.09 Å². The number of rotatable bonds is 5. The standard InChI is InChI=1S/C14H25NO5/c1-7-18-12(19-8-2)10-9-11(3)15(17)13(16)20-14(4,5)6/h11-12,17H,7-8H2,1-6H3. The van der Waals surface area contributed by atoms with Crippen LogP contribution in [0.1, 0.15) is 41.5 Å².